The molecule has 2 aliphatic rings. The summed E-state index contributed by atoms with van der Waals surface area (Å²) in [6.45, 7) is 11.4. The zero-order chi connectivity index (χ0) is 16.4. The molecule has 1 N–H and O–H groups in total. The van der Waals surface area contributed by atoms with Crippen molar-refractivity contribution in [3.05, 3.63) is 17.0 Å². The number of ether oxygens (including phenoxy) is 1. The molecule has 7 heteroatoms. The highest BCUT2D eigenvalue weighted by molar-refractivity contribution is 5.82. The highest BCUT2D eigenvalue weighted by Crippen LogP contribution is 2.17. The van der Waals surface area contributed by atoms with Crippen LogP contribution in [-0.2, 0) is 16.1 Å². The molecular formula is C16H26N4O3. The van der Waals surface area contributed by atoms with E-state index in [1.54, 1.807) is 0 Å². The van der Waals surface area contributed by atoms with E-state index < -0.39 is 0 Å². The summed E-state index contributed by atoms with van der Waals surface area (Å²) < 4.78 is 10.8. The van der Waals surface area contributed by atoms with Gasteiger partial charge in [-0.2, -0.15) is 0 Å². The molecule has 3 heterocycles. The number of morpholine rings is 1. The zero-order valence-corrected chi connectivity index (χ0v) is 14.2. The smallest absolute Gasteiger partial charge is 0.242 e. The molecule has 1 amide bonds. The van der Waals surface area contributed by atoms with E-state index in [9.17, 15) is 4.79 Å². The first kappa shape index (κ1) is 16.4. The van der Waals surface area contributed by atoms with Crippen molar-refractivity contribution < 1.29 is 14.1 Å². The molecule has 2 fully saturated rings. The Bertz CT molecular complexity index is 532. The van der Waals surface area contributed by atoms with Gasteiger partial charge in [0.05, 0.1) is 18.4 Å². The fraction of sp³-hybridized carbons (Fsp3) is 0.750. The van der Waals surface area contributed by atoms with Crippen molar-refractivity contribution in [3.63, 3.8) is 0 Å². The molecule has 128 valence electrons. The van der Waals surface area contributed by atoms with Gasteiger partial charge in [-0.1, -0.05) is 5.16 Å². The lowest BCUT2D eigenvalue weighted by Crippen LogP contribution is -2.59. The first-order chi connectivity index (χ1) is 11.1. The van der Waals surface area contributed by atoms with Crippen LogP contribution in [0.3, 0.4) is 0 Å². The fourth-order valence-corrected chi connectivity index (χ4v) is 3.28. The van der Waals surface area contributed by atoms with E-state index in [4.69, 9.17) is 9.26 Å². The molecule has 2 atom stereocenters. The Morgan fingerprint density at radius 3 is 2.65 bits per heavy atom. The summed E-state index contributed by atoms with van der Waals surface area (Å²) >= 11 is 0. The quantitative estimate of drug-likeness (QED) is 0.864. The second-order valence-electron chi connectivity index (χ2n) is 6.41. The Morgan fingerprint density at radius 1 is 1.30 bits per heavy atom. The molecule has 3 rings (SSSR count). The summed E-state index contributed by atoms with van der Waals surface area (Å²) in [7, 11) is 0. The monoisotopic (exact) mass is 322 g/mol. The summed E-state index contributed by atoms with van der Waals surface area (Å²) in [5.74, 6) is 1.05. The fourth-order valence-electron chi connectivity index (χ4n) is 3.28. The zero-order valence-electron chi connectivity index (χ0n) is 14.2. The number of aryl methyl sites for hydroxylation is 2. The van der Waals surface area contributed by atoms with Crippen LogP contribution in [0.4, 0.5) is 0 Å². The summed E-state index contributed by atoms with van der Waals surface area (Å²) in [6, 6.07) is -0.210. The van der Waals surface area contributed by atoms with Gasteiger partial charge < -0.3 is 19.5 Å². The van der Waals surface area contributed by atoms with Gasteiger partial charge in [0.2, 0.25) is 5.91 Å². The third-order valence-corrected chi connectivity index (χ3v) is 4.83. The van der Waals surface area contributed by atoms with Crippen molar-refractivity contribution >= 4 is 5.91 Å². The molecule has 23 heavy (non-hydrogen) atoms. The van der Waals surface area contributed by atoms with Crippen molar-refractivity contribution in [2.75, 3.05) is 39.3 Å². The number of amides is 1. The normalized spacial score (nSPS) is 26.5. The number of rotatable bonds is 3. The van der Waals surface area contributed by atoms with Crippen LogP contribution in [0.1, 0.15) is 23.9 Å². The van der Waals surface area contributed by atoms with E-state index in [1.807, 2.05) is 25.7 Å². The van der Waals surface area contributed by atoms with Crippen LogP contribution >= 0.6 is 0 Å². The van der Waals surface area contributed by atoms with Gasteiger partial charge >= 0.3 is 0 Å². The van der Waals surface area contributed by atoms with E-state index in [-0.39, 0.29) is 18.1 Å². The first-order valence-corrected chi connectivity index (χ1v) is 8.34. The summed E-state index contributed by atoms with van der Waals surface area (Å²) in [5.41, 5.74) is 2.12. The van der Waals surface area contributed by atoms with Gasteiger partial charge in [0.25, 0.3) is 0 Å². The molecule has 0 unspecified atom stereocenters. The number of hydrogen-bond donors (Lipinski definition) is 1. The van der Waals surface area contributed by atoms with E-state index in [1.165, 1.54) is 5.56 Å². The second kappa shape index (κ2) is 6.98. The number of carbonyl (C=O) groups excluding carboxylic acids is 1. The first-order valence-electron chi connectivity index (χ1n) is 8.34. The van der Waals surface area contributed by atoms with Crippen molar-refractivity contribution in [1.29, 1.82) is 0 Å². The molecule has 1 aromatic heterocycles. The predicted octanol–water partition coefficient (Wildman–Crippen LogP) is 0.313. The van der Waals surface area contributed by atoms with Crippen molar-refractivity contribution in [3.8, 4) is 0 Å². The number of piperazine rings is 1. The average Bonchev–Trinajstić information content (AvgIpc) is 2.87. The third kappa shape index (κ3) is 3.57. The van der Waals surface area contributed by atoms with Crippen LogP contribution in [0, 0.1) is 13.8 Å². The predicted molar refractivity (Wildman–Crippen MR) is 85.0 cm³/mol. The van der Waals surface area contributed by atoms with E-state index in [2.05, 4.69) is 15.4 Å². The lowest BCUT2D eigenvalue weighted by molar-refractivity contribution is -0.141. The maximum Gasteiger partial charge on any atom is 0.242 e. The number of nitrogens with one attached hydrogen (secondary N) is 1. The van der Waals surface area contributed by atoms with E-state index >= 15 is 0 Å². The van der Waals surface area contributed by atoms with Crippen LogP contribution in [-0.4, -0.2) is 72.3 Å². The van der Waals surface area contributed by atoms with Crippen molar-refractivity contribution in [2.45, 2.75) is 39.5 Å². The molecule has 0 saturated carbocycles. The number of aromatic nitrogens is 1. The highest BCUT2D eigenvalue weighted by Gasteiger charge is 2.33. The van der Waals surface area contributed by atoms with Gasteiger partial charge in [-0.05, 0) is 20.8 Å². The molecule has 2 aliphatic heterocycles. The third-order valence-electron chi connectivity index (χ3n) is 4.83. The Kier molecular flexibility index (Phi) is 4.99. The van der Waals surface area contributed by atoms with Gasteiger partial charge in [0, 0.05) is 44.8 Å². The van der Waals surface area contributed by atoms with Crippen LogP contribution in [0.2, 0.25) is 0 Å². The van der Waals surface area contributed by atoms with Gasteiger partial charge in [-0.3, -0.25) is 9.69 Å². The number of nitrogens with zero attached hydrogens (tertiary/aromatic N) is 3. The van der Waals surface area contributed by atoms with Gasteiger partial charge in [-0.25, -0.2) is 0 Å². The number of carbonyl (C=O) groups is 1. The molecule has 0 bridgehead atoms. The van der Waals surface area contributed by atoms with Crippen LogP contribution < -0.4 is 5.32 Å². The largest absolute Gasteiger partial charge is 0.375 e. The minimum Gasteiger partial charge on any atom is -0.375 e. The maximum absolute atomic E-state index is 12.6. The summed E-state index contributed by atoms with van der Waals surface area (Å²) in [4.78, 5) is 16.9. The summed E-state index contributed by atoms with van der Waals surface area (Å²) in [6.07, 6.45) is -0.0587. The highest BCUT2D eigenvalue weighted by atomic mass is 16.5. The Hall–Kier alpha value is -1.44. The van der Waals surface area contributed by atoms with E-state index in [0.29, 0.717) is 6.61 Å². The van der Waals surface area contributed by atoms with Crippen molar-refractivity contribution in [1.82, 2.24) is 20.3 Å². The Morgan fingerprint density at radius 2 is 2.04 bits per heavy atom. The standard InChI is InChI=1S/C16H26N4O3/c1-11-14(12(2)23-18-11)10-19-5-7-20(8-6-19)16(21)15-13(3)22-9-4-17-15/h13,15,17H,4-10H2,1-3H3/t13-,15+/m1/s1. The molecule has 2 saturated heterocycles. The summed E-state index contributed by atoms with van der Waals surface area (Å²) in [5, 5.41) is 7.28. The SMILES string of the molecule is Cc1noc(C)c1CN1CCN(C(=O)[C@H]2NCCO[C@@H]2C)CC1. The van der Waals surface area contributed by atoms with Gasteiger partial charge in [0.1, 0.15) is 11.8 Å². The van der Waals surface area contributed by atoms with E-state index in [0.717, 1.165) is 50.7 Å². The van der Waals surface area contributed by atoms with Crippen molar-refractivity contribution in [2.24, 2.45) is 0 Å². The lowest BCUT2D eigenvalue weighted by atomic mass is 10.1. The average molecular weight is 322 g/mol. The molecule has 0 radical (unpaired) electrons. The minimum absolute atomic E-state index is 0.0587. The molecule has 1 aromatic rings. The molecule has 0 aromatic carbocycles. The Balaban J connectivity index is 1.53. The van der Waals surface area contributed by atoms with Gasteiger partial charge in [-0.15, -0.1) is 0 Å². The van der Waals surface area contributed by atoms with Crippen LogP contribution in [0.15, 0.2) is 4.52 Å². The van der Waals surface area contributed by atoms with Gasteiger partial charge in [0.15, 0.2) is 0 Å². The minimum atomic E-state index is -0.210. The number of hydrogen-bond acceptors (Lipinski definition) is 6. The van der Waals surface area contributed by atoms with Crippen LogP contribution in [0.25, 0.3) is 0 Å². The molecule has 7 nitrogen and oxygen atoms in total. The Labute approximate surface area is 136 Å². The molecule has 0 aliphatic carbocycles. The second-order valence-corrected chi connectivity index (χ2v) is 6.41. The maximum atomic E-state index is 12.6. The topological polar surface area (TPSA) is 70.8 Å². The van der Waals surface area contributed by atoms with Crippen LogP contribution in [0.5, 0.6) is 0 Å². The molecular weight excluding hydrogens is 296 g/mol. The molecule has 0 spiro atoms. The lowest BCUT2D eigenvalue weighted by Gasteiger charge is -2.38.